The van der Waals surface area contributed by atoms with Crippen LogP contribution in [0, 0.1) is 5.41 Å². The molecular formula is C27H30N2O4. The number of benzene rings is 2. The molecule has 0 unspecified atom stereocenters. The molecule has 1 amide bonds. The van der Waals surface area contributed by atoms with E-state index in [0.717, 1.165) is 23.4 Å². The van der Waals surface area contributed by atoms with Gasteiger partial charge >= 0.3 is 0 Å². The molecule has 2 aromatic carbocycles. The lowest BCUT2D eigenvalue weighted by atomic mass is 9.68. The molecule has 2 aromatic rings. The van der Waals surface area contributed by atoms with Gasteiger partial charge in [0.05, 0.1) is 19.9 Å². The minimum absolute atomic E-state index is 0.0664. The fraction of sp³-hybridized carbons (Fsp3) is 0.333. The van der Waals surface area contributed by atoms with Crippen LogP contribution >= 0.6 is 0 Å². The van der Waals surface area contributed by atoms with E-state index in [1.165, 1.54) is 0 Å². The molecule has 4 rings (SSSR count). The van der Waals surface area contributed by atoms with Gasteiger partial charge < -0.3 is 20.1 Å². The van der Waals surface area contributed by atoms with Gasteiger partial charge in [0.15, 0.2) is 5.78 Å². The van der Waals surface area contributed by atoms with Crippen molar-refractivity contribution in [3.8, 4) is 11.5 Å². The number of para-hydroxylation sites is 2. The summed E-state index contributed by atoms with van der Waals surface area (Å²) in [6, 6.07) is 14.9. The highest BCUT2D eigenvalue weighted by Gasteiger charge is 2.42. The highest BCUT2D eigenvalue weighted by Crippen LogP contribution is 2.47. The van der Waals surface area contributed by atoms with E-state index in [4.69, 9.17) is 9.47 Å². The Labute approximate surface area is 194 Å². The van der Waals surface area contributed by atoms with Crippen molar-refractivity contribution in [2.45, 2.75) is 39.5 Å². The van der Waals surface area contributed by atoms with Gasteiger partial charge in [0, 0.05) is 34.9 Å². The van der Waals surface area contributed by atoms with Gasteiger partial charge in [0.2, 0.25) is 0 Å². The van der Waals surface area contributed by atoms with Crippen LogP contribution in [-0.2, 0) is 9.59 Å². The molecule has 2 N–H and O–H groups in total. The van der Waals surface area contributed by atoms with Gasteiger partial charge in [-0.3, -0.25) is 9.59 Å². The van der Waals surface area contributed by atoms with E-state index < -0.39 is 5.92 Å². The summed E-state index contributed by atoms with van der Waals surface area (Å²) in [5, 5.41) is 6.38. The number of ketones is 1. The first-order valence-electron chi connectivity index (χ1n) is 11.1. The van der Waals surface area contributed by atoms with Gasteiger partial charge in [-0.1, -0.05) is 38.1 Å². The number of rotatable bonds is 5. The van der Waals surface area contributed by atoms with Crippen LogP contribution in [0.2, 0.25) is 0 Å². The Kier molecular flexibility index (Phi) is 6.02. The Bertz CT molecular complexity index is 1180. The number of nitrogens with one attached hydrogen (secondary N) is 2. The highest BCUT2D eigenvalue weighted by atomic mass is 16.5. The molecule has 172 valence electrons. The summed E-state index contributed by atoms with van der Waals surface area (Å²) < 4.78 is 10.8. The number of carbonyl (C=O) groups excluding carboxylic acids is 2. The zero-order chi connectivity index (χ0) is 23.8. The van der Waals surface area contributed by atoms with Gasteiger partial charge in [-0.25, -0.2) is 0 Å². The maximum atomic E-state index is 13.7. The third-order valence-corrected chi connectivity index (χ3v) is 6.27. The quantitative estimate of drug-likeness (QED) is 0.680. The summed E-state index contributed by atoms with van der Waals surface area (Å²) in [6.45, 7) is 6.08. The standard InChI is InChI=1S/C27H30N2O4/c1-16-23(26(31)29-19-11-6-7-12-22(19)33-5)24(17-9-8-10-18(13-17)32-4)25-20(28-16)14-27(2,3)15-21(25)30/h6-13,24,28H,14-15H2,1-5H3,(H,29,31)/t24-/m0/s1. The van der Waals surface area contributed by atoms with Gasteiger partial charge in [-0.15, -0.1) is 0 Å². The van der Waals surface area contributed by atoms with Crippen molar-refractivity contribution in [3.63, 3.8) is 0 Å². The van der Waals surface area contributed by atoms with Crippen molar-refractivity contribution < 1.29 is 19.1 Å². The molecule has 6 heteroatoms. The minimum Gasteiger partial charge on any atom is -0.497 e. The first-order valence-corrected chi connectivity index (χ1v) is 11.1. The molecule has 0 aromatic heterocycles. The molecule has 1 atom stereocenters. The minimum atomic E-state index is -0.491. The lowest BCUT2D eigenvalue weighted by Crippen LogP contribution is -2.39. The van der Waals surface area contributed by atoms with Crippen LogP contribution in [0.1, 0.15) is 45.1 Å². The Morgan fingerprint density at radius 1 is 1.06 bits per heavy atom. The number of hydrogen-bond donors (Lipinski definition) is 2. The summed E-state index contributed by atoms with van der Waals surface area (Å²) in [4.78, 5) is 27.1. The Hall–Kier alpha value is -3.54. The van der Waals surface area contributed by atoms with Crippen LogP contribution in [0.5, 0.6) is 11.5 Å². The molecular weight excluding hydrogens is 416 g/mol. The predicted octanol–water partition coefficient (Wildman–Crippen LogP) is 4.95. The summed E-state index contributed by atoms with van der Waals surface area (Å²) in [5.74, 6) is 0.549. The molecule has 6 nitrogen and oxygen atoms in total. The Morgan fingerprint density at radius 3 is 2.55 bits per heavy atom. The highest BCUT2D eigenvalue weighted by molar-refractivity contribution is 6.10. The fourth-order valence-electron chi connectivity index (χ4n) is 4.83. The Balaban J connectivity index is 1.82. The van der Waals surface area contributed by atoms with Crippen molar-refractivity contribution in [2.75, 3.05) is 19.5 Å². The van der Waals surface area contributed by atoms with E-state index >= 15 is 0 Å². The molecule has 1 aliphatic carbocycles. The normalized spacial score (nSPS) is 19.5. The Morgan fingerprint density at radius 2 is 1.82 bits per heavy atom. The van der Waals surface area contributed by atoms with Crippen molar-refractivity contribution in [1.29, 1.82) is 0 Å². The van der Waals surface area contributed by atoms with E-state index in [9.17, 15) is 9.59 Å². The second kappa shape index (κ2) is 8.77. The smallest absolute Gasteiger partial charge is 0.254 e. The van der Waals surface area contributed by atoms with Crippen LogP contribution in [0.15, 0.2) is 71.1 Å². The molecule has 33 heavy (non-hydrogen) atoms. The van der Waals surface area contributed by atoms with E-state index in [2.05, 4.69) is 24.5 Å². The number of hydrogen-bond acceptors (Lipinski definition) is 5. The average Bonchev–Trinajstić information content (AvgIpc) is 2.77. The van der Waals surface area contributed by atoms with Crippen LogP contribution in [0.4, 0.5) is 5.69 Å². The van der Waals surface area contributed by atoms with Crippen LogP contribution in [-0.4, -0.2) is 25.9 Å². The van der Waals surface area contributed by atoms with E-state index in [1.807, 2.05) is 43.3 Å². The largest absolute Gasteiger partial charge is 0.497 e. The molecule has 0 radical (unpaired) electrons. The molecule has 0 fully saturated rings. The lowest BCUT2D eigenvalue weighted by molar-refractivity contribution is -0.118. The van der Waals surface area contributed by atoms with Crippen molar-refractivity contribution in [1.82, 2.24) is 5.32 Å². The summed E-state index contributed by atoms with van der Waals surface area (Å²) >= 11 is 0. The lowest BCUT2D eigenvalue weighted by Gasteiger charge is -2.39. The number of ether oxygens (including phenoxy) is 2. The molecule has 1 heterocycles. The number of carbonyl (C=O) groups is 2. The zero-order valence-corrected chi connectivity index (χ0v) is 19.7. The molecule has 0 saturated heterocycles. The van der Waals surface area contributed by atoms with E-state index in [-0.39, 0.29) is 17.1 Å². The summed E-state index contributed by atoms with van der Waals surface area (Å²) in [6.07, 6.45) is 1.18. The van der Waals surface area contributed by atoms with Crippen molar-refractivity contribution >= 4 is 17.4 Å². The van der Waals surface area contributed by atoms with Crippen molar-refractivity contribution in [3.05, 3.63) is 76.6 Å². The number of dihydropyridines is 1. The topological polar surface area (TPSA) is 76.7 Å². The first kappa shape index (κ1) is 22.6. The summed E-state index contributed by atoms with van der Waals surface area (Å²) in [5.41, 5.74) is 4.10. The monoisotopic (exact) mass is 446 g/mol. The maximum absolute atomic E-state index is 13.7. The molecule has 2 aliphatic rings. The predicted molar refractivity (Wildman–Crippen MR) is 128 cm³/mol. The SMILES string of the molecule is COc1cccc([C@H]2C(C(=O)Nc3ccccc3OC)=C(C)NC3=C2C(=O)CC(C)(C)C3)c1. The maximum Gasteiger partial charge on any atom is 0.254 e. The third kappa shape index (κ3) is 4.38. The molecule has 0 saturated carbocycles. The van der Waals surface area contributed by atoms with Gasteiger partial charge in [0.25, 0.3) is 5.91 Å². The summed E-state index contributed by atoms with van der Waals surface area (Å²) in [7, 11) is 3.17. The van der Waals surface area contributed by atoms with Crippen LogP contribution < -0.4 is 20.1 Å². The number of Topliss-reactive ketones (excluding diaryl/α,β-unsaturated/α-hetero) is 1. The first-order chi connectivity index (χ1) is 15.7. The van der Waals surface area contributed by atoms with Crippen LogP contribution in [0.3, 0.4) is 0 Å². The third-order valence-electron chi connectivity index (χ3n) is 6.27. The van der Waals surface area contributed by atoms with Gasteiger partial charge in [-0.05, 0) is 48.6 Å². The van der Waals surface area contributed by atoms with Crippen molar-refractivity contribution in [2.24, 2.45) is 5.41 Å². The second-order valence-corrected chi connectivity index (χ2v) is 9.36. The molecule has 0 spiro atoms. The van der Waals surface area contributed by atoms with Gasteiger partial charge in [0.1, 0.15) is 11.5 Å². The number of methoxy groups -OCH3 is 2. The number of anilines is 1. The fourth-order valence-corrected chi connectivity index (χ4v) is 4.83. The number of amides is 1. The molecule has 0 bridgehead atoms. The average molecular weight is 447 g/mol. The zero-order valence-electron chi connectivity index (χ0n) is 19.7. The van der Waals surface area contributed by atoms with Crippen LogP contribution in [0.25, 0.3) is 0 Å². The van der Waals surface area contributed by atoms with E-state index in [1.54, 1.807) is 26.4 Å². The number of allylic oxidation sites excluding steroid dienone is 3. The molecule has 1 aliphatic heterocycles. The van der Waals surface area contributed by atoms with Gasteiger partial charge in [-0.2, -0.15) is 0 Å². The van der Waals surface area contributed by atoms with E-state index in [0.29, 0.717) is 34.8 Å². The second-order valence-electron chi connectivity index (χ2n) is 9.36.